The highest BCUT2D eigenvalue weighted by atomic mass is 16.4. The summed E-state index contributed by atoms with van der Waals surface area (Å²) in [6.07, 6.45) is 3.89. The molecule has 0 saturated carbocycles. The molecule has 0 spiro atoms. The standard InChI is InChI=1S/C27H46N6O5/c1-3-18(2)23(27(37)38)33-26(36)22(14-8-10-16-29)32-25(35)21(13-7-9-15-28)31-24(34)20(30)17-19-11-5-4-6-12-19/h4-6,11-12,18,20-23H,3,7-10,13-17,28-30H2,1-2H3,(H,31,34)(H,32,35)(H,33,36)(H,37,38). The van der Waals surface area contributed by atoms with E-state index in [1.807, 2.05) is 37.3 Å². The first-order chi connectivity index (χ1) is 18.1. The summed E-state index contributed by atoms with van der Waals surface area (Å²) in [5.41, 5.74) is 18.2. The first kappa shape index (κ1) is 33.0. The summed E-state index contributed by atoms with van der Waals surface area (Å²) in [5.74, 6) is -3.04. The van der Waals surface area contributed by atoms with E-state index in [-0.39, 0.29) is 12.3 Å². The number of carbonyl (C=O) groups is 4. The fourth-order valence-corrected chi connectivity index (χ4v) is 3.97. The maximum atomic E-state index is 13.3. The van der Waals surface area contributed by atoms with Gasteiger partial charge >= 0.3 is 5.97 Å². The maximum Gasteiger partial charge on any atom is 0.326 e. The van der Waals surface area contributed by atoms with Gasteiger partial charge in [-0.1, -0.05) is 50.6 Å². The maximum absolute atomic E-state index is 13.3. The number of aliphatic carboxylic acids is 1. The summed E-state index contributed by atoms with van der Waals surface area (Å²) in [6, 6.07) is 5.46. The van der Waals surface area contributed by atoms with Crippen molar-refractivity contribution in [3.63, 3.8) is 0 Å². The molecular weight excluding hydrogens is 488 g/mol. The minimum atomic E-state index is -1.14. The molecule has 0 aliphatic carbocycles. The SMILES string of the molecule is CCC(C)C(NC(=O)C(CCCCN)NC(=O)C(CCCCN)NC(=O)C(N)Cc1ccccc1)C(=O)O. The van der Waals surface area contributed by atoms with Crippen molar-refractivity contribution in [1.29, 1.82) is 0 Å². The minimum absolute atomic E-state index is 0.276. The zero-order valence-corrected chi connectivity index (χ0v) is 22.7. The predicted octanol–water partition coefficient (Wildman–Crippen LogP) is 0.400. The van der Waals surface area contributed by atoms with Crippen LogP contribution in [-0.4, -0.2) is 66.1 Å². The highest BCUT2D eigenvalue weighted by molar-refractivity contribution is 5.94. The highest BCUT2D eigenvalue weighted by Gasteiger charge is 2.31. The molecule has 10 N–H and O–H groups in total. The summed E-state index contributed by atoms with van der Waals surface area (Å²) in [7, 11) is 0. The van der Waals surface area contributed by atoms with Crippen molar-refractivity contribution >= 4 is 23.7 Å². The molecule has 11 nitrogen and oxygen atoms in total. The number of carboxylic acids is 1. The van der Waals surface area contributed by atoms with Gasteiger partial charge in [0.25, 0.3) is 0 Å². The first-order valence-corrected chi connectivity index (χ1v) is 13.5. The van der Waals surface area contributed by atoms with Crippen molar-refractivity contribution in [2.24, 2.45) is 23.1 Å². The van der Waals surface area contributed by atoms with Gasteiger partial charge in [0.05, 0.1) is 6.04 Å². The molecule has 214 valence electrons. The average Bonchev–Trinajstić information content (AvgIpc) is 2.90. The Morgan fingerprint density at radius 2 is 1.32 bits per heavy atom. The van der Waals surface area contributed by atoms with E-state index >= 15 is 0 Å². The molecule has 3 amide bonds. The molecule has 0 heterocycles. The summed E-state index contributed by atoms with van der Waals surface area (Å²) >= 11 is 0. The van der Waals surface area contributed by atoms with Crippen LogP contribution in [0.1, 0.15) is 64.4 Å². The Bertz CT molecular complexity index is 869. The molecule has 38 heavy (non-hydrogen) atoms. The van der Waals surface area contributed by atoms with Crippen LogP contribution in [0.15, 0.2) is 30.3 Å². The van der Waals surface area contributed by atoms with Crippen molar-refractivity contribution in [3.8, 4) is 0 Å². The van der Waals surface area contributed by atoms with E-state index in [1.54, 1.807) is 6.92 Å². The number of nitrogens with one attached hydrogen (secondary N) is 3. The smallest absolute Gasteiger partial charge is 0.326 e. The predicted molar refractivity (Wildman–Crippen MR) is 147 cm³/mol. The van der Waals surface area contributed by atoms with Gasteiger partial charge in [-0.15, -0.1) is 0 Å². The zero-order valence-electron chi connectivity index (χ0n) is 22.7. The molecule has 1 aromatic rings. The third kappa shape index (κ3) is 12.0. The number of amides is 3. The number of nitrogens with two attached hydrogens (primary N) is 3. The number of hydrogen-bond acceptors (Lipinski definition) is 7. The lowest BCUT2D eigenvalue weighted by Gasteiger charge is -2.26. The van der Waals surface area contributed by atoms with Crippen LogP contribution in [0.5, 0.6) is 0 Å². The quantitative estimate of drug-likeness (QED) is 0.123. The Morgan fingerprint density at radius 1 is 0.816 bits per heavy atom. The van der Waals surface area contributed by atoms with Crippen molar-refractivity contribution in [2.75, 3.05) is 13.1 Å². The molecule has 1 rings (SSSR count). The summed E-state index contributed by atoms with van der Waals surface area (Å²) in [6.45, 7) is 4.43. The van der Waals surface area contributed by atoms with E-state index < -0.39 is 47.9 Å². The number of rotatable bonds is 19. The van der Waals surface area contributed by atoms with Gasteiger partial charge in [-0.05, 0) is 69.5 Å². The van der Waals surface area contributed by atoms with E-state index in [0.717, 1.165) is 5.56 Å². The number of hydrogen-bond donors (Lipinski definition) is 7. The third-order valence-electron chi connectivity index (χ3n) is 6.57. The van der Waals surface area contributed by atoms with E-state index in [9.17, 15) is 24.3 Å². The fraction of sp³-hybridized carbons (Fsp3) is 0.630. The van der Waals surface area contributed by atoms with Crippen LogP contribution in [0.4, 0.5) is 0 Å². The molecule has 0 aliphatic rings. The number of carboxylic acid groups (broad SMARTS) is 1. The molecule has 0 bridgehead atoms. The second-order valence-corrected chi connectivity index (χ2v) is 9.70. The Labute approximate surface area is 225 Å². The molecule has 0 saturated heterocycles. The Balaban J connectivity index is 2.99. The molecular formula is C27H46N6O5. The van der Waals surface area contributed by atoms with Crippen LogP contribution in [0.3, 0.4) is 0 Å². The third-order valence-corrected chi connectivity index (χ3v) is 6.57. The van der Waals surface area contributed by atoms with Crippen LogP contribution in [0.2, 0.25) is 0 Å². The van der Waals surface area contributed by atoms with Gasteiger partial charge in [0, 0.05) is 0 Å². The van der Waals surface area contributed by atoms with Crippen LogP contribution in [0, 0.1) is 5.92 Å². The van der Waals surface area contributed by atoms with Crippen LogP contribution >= 0.6 is 0 Å². The number of benzene rings is 1. The van der Waals surface area contributed by atoms with Gasteiger partial charge < -0.3 is 38.3 Å². The van der Waals surface area contributed by atoms with Gasteiger partial charge in [-0.2, -0.15) is 0 Å². The van der Waals surface area contributed by atoms with E-state index in [0.29, 0.717) is 58.0 Å². The van der Waals surface area contributed by atoms with Gasteiger partial charge in [0.15, 0.2) is 0 Å². The topological polar surface area (TPSA) is 203 Å². The van der Waals surface area contributed by atoms with E-state index in [1.165, 1.54) is 0 Å². The minimum Gasteiger partial charge on any atom is -0.480 e. The molecule has 0 aromatic heterocycles. The van der Waals surface area contributed by atoms with Crippen LogP contribution in [-0.2, 0) is 25.6 Å². The number of unbranched alkanes of at least 4 members (excludes halogenated alkanes) is 2. The van der Waals surface area contributed by atoms with Gasteiger partial charge in [-0.25, -0.2) is 4.79 Å². The normalized spacial score (nSPS) is 15.0. The lowest BCUT2D eigenvalue weighted by molar-refractivity contribution is -0.144. The van der Waals surface area contributed by atoms with Gasteiger partial charge in [0.1, 0.15) is 18.1 Å². The fourth-order valence-electron chi connectivity index (χ4n) is 3.97. The van der Waals surface area contributed by atoms with Gasteiger partial charge in [-0.3, -0.25) is 14.4 Å². The molecule has 0 fully saturated rings. The number of carbonyl (C=O) groups excluding carboxylic acids is 3. The molecule has 0 radical (unpaired) electrons. The molecule has 1 aromatic carbocycles. The first-order valence-electron chi connectivity index (χ1n) is 13.5. The van der Waals surface area contributed by atoms with Crippen molar-refractivity contribution in [3.05, 3.63) is 35.9 Å². The lowest BCUT2D eigenvalue weighted by Crippen LogP contribution is -2.57. The molecule has 5 atom stereocenters. The largest absolute Gasteiger partial charge is 0.480 e. The van der Waals surface area contributed by atoms with Crippen molar-refractivity contribution in [1.82, 2.24) is 16.0 Å². The second-order valence-electron chi connectivity index (χ2n) is 9.70. The van der Waals surface area contributed by atoms with Crippen molar-refractivity contribution in [2.45, 2.75) is 89.4 Å². The summed E-state index contributed by atoms with van der Waals surface area (Å²) < 4.78 is 0. The van der Waals surface area contributed by atoms with E-state index in [2.05, 4.69) is 16.0 Å². The molecule has 0 aliphatic heterocycles. The second kappa shape index (κ2) is 18.3. The Morgan fingerprint density at radius 3 is 1.79 bits per heavy atom. The molecule has 5 unspecified atom stereocenters. The van der Waals surface area contributed by atoms with Crippen molar-refractivity contribution < 1.29 is 24.3 Å². The summed E-state index contributed by atoms with van der Waals surface area (Å²) in [4.78, 5) is 51.0. The zero-order chi connectivity index (χ0) is 28.5. The lowest BCUT2D eigenvalue weighted by atomic mass is 9.98. The monoisotopic (exact) mass is 534 g/mol. The molecule has 11 heteroatoms. The van der Waals surface area contributed by atoms with E-state index in [4.69, 9.17) is 17.2 Å². The summed E-state index contributed by atoms with van der Waals surface area (Å²) in [5, 5.41) is 17.6. The Hall–Kier alpha value is -3.02. The average molecular weight is 535 g/mol. The van der Waals surface area contributed by atoms with Crippen LogP contribution in [0.25, 0.3) is 0 Å². The Kier molecular flexibility index (Phi) is 15.9. The highest BCUT2D eigenvalue weighted by Crippen LogP contribution is 2.11. The van der Waals surface area contributed by atoms with Crippen LogP contribution < -0.4 is 33.2 Å². The van der Waals surface area contributed by atoms with Gasteiger partial charge in [0.2, 0.25) is 17.7 Å².